The van der Waals surface area contributed by atoms with Crippen molar-refractivity contribution in [3.8, 4) is 0 Å². The van der Waals surface area contributed by atoms with E-state index in [2.05, 4.69) is 49.0 Å². The molecule has 2 rings (SSSR count). The molecule has 4 amide bonds. The molecule has 10 N–H and O–H groups in total. The molecular weight excluding hydrogens is 1320 g/mol. The van der Waals surface area contributed by atoms with Gasteiger partial charge in [-0.1, -0.05) is 259 Å². The summed E-state index contributed by atoms with van der Waals surface area (Å²) in [6.45, 7) is 5.28. The second kappa shape index (κ2) is 58.0. The molecule has 0 radical (unpaired) electrons. The van der Waals surface area contributed by atoms with Crippen LogP contribution in [0.15, 0.2) is 0 Å². The first-order valence-corrected chi connectivity index (χ1v) is 40.2. The van der Waals surface area contributed by atoms with Crippen molar-refractivity contribution in [3.63, 3.8) is 0 Å². The predicted octanol–water partition coefficient (Wildman–Crippen LogP) is 11.9. The molecule has 2 aliphatic rings. The van der Waals surface area contributed by atoms with Gasteiger partial charge in [-0.25, -0.2) is 4.57 Å². The Balaban J connectivity index is 2.60. The monoisotopic (exact) mass is 1450 g/mol. The second-order valence-corrected chi connectivity index (χ2v) is 28.7. The van der Waals surface area contributed by atoms with Crippen LogP contribution in [0.1, 0.15) is 323 Å². The number of esters is 2. The van der Waals surface area contributed by atoms with Crippen LogP contribution in [0, 0.1) is 0 Å². The quantitative estimate of drug-likeness (QED) is 0.0154. The van der Waals surface area contributed by atoms with Gasteiger partial charge in [0.15, 0.2) is 24.8 Å². The Labute approximate surface area is 597 Å². The molecule has 2 aliphatic heterocycles. The smallest absolute Gasteiger partial charge is 0.470 e. The zero-order valence-corrected chi connectivity index (χ0v) is 62.3. The van der Waals surface area contributed by atoms with Gasteiger partial charge in [0.25, 0.3) is 0 Å². The number of amides is 4. The van der Waals surface area contributed by atoms with Gasteiger partial charge in [-0.2, -0.15) is 0 Å². The number of hydrogen-bond acceptors (Lipinski definition) is 18. The highest BCUT2D eigenvalue weighted by molar-refractivity contribution is 7.46. The number of hydrogen-bond donors (Lipinski definition) is 10. The molecule has 26 nitrogen and oxygen atoms in total. The van der Waals surface area contributed by atoms with Crippen LogP contribution in [0.3, 0.4) is 0 Å². The van der Waals surface area contributed by atoms with Crippen molar-refractivity contribution >= 4 is 55.3 Å². The third kappa shape index (κ3) is 45.0. The number of nitrogens with one attached hydrogen (secondary N) is 4. The second-order valence-electron chi connectivity index (χ2n) is 27.5. The van der Waals surface area contributed by atoms with E-state index in [-0.39, 0.29) is 25.7 Å². The van der Waals surface area contributed by atoms with Crippen molar-refractivity contribution in [2.75, 3.05) is 26.3 Å². The van der Waals surface area contributed by atoms with E-state index in [1.807, 2.05) is 0 Å². The molecule has 0 aromatic rings. The van der Waals surface area contributed by atoms with Crippen molar-refractivity contribution in [3.05, 3.63) is 0 Å². The van der Waals surface area contributed by atoms with Gasteiger partial charge >= 0.3 is 31.7 Å². The van der Waals surface area contributed by atoms with E-state index >= 15 is 0 Å². The van der Waals surface area contributed by atoms with Crippen LogP contribution in [-0.4, -0.2) is 171 Å². The standard InChI is InChI=1S/C73H133N4O22P/c1-5-9-13-17-21-25-27-31-35-39-43-47-60(81)76-66-70(97-64(87)51-74-58(79)45-41-37-33-29-23-19-15-11-7-3)68(89)57(96-73(66)94-55(49-62(83)84)50-63(85)86)54-93-72-67(77-61(82)48-44-40-36-32-28-26-22-18-14-10-6-2)71(69(56(53-78)95-72)99-100(90,91)92)98-65(88)52-75-59(80)46-42-38-34-30-24-20-16-12-8-4/h55-57,66-73,78,89H,5-54H2,1-4H3,(H,74,79)(H,75,80)(H,76,81)(H,77,82)(H,83,84)(H,85,86)(H2,90,91,92)/t56-,57-,66-,67-,68-,69-,70-,71-,72-,73+/m1/s1. The fraction of sp³-hybridized carbons (Fsp3) is 0.890. The number of aliphatic hydroxyl groups is 2. The number of rotatable bonds is 64. The Morgan fingerprint density at radius 3 is 1.06 bits per heavy atom. The summed E-state index contributed by atoms with van der Waals surface area (Å²) in [6, 6.07) is -3.43. The minimum Gasteiger partial charge on any atom is -0.481 e. The molecule has 582 valence electrons. The molecule has 2 saturated heterocycles. The lowest BCUT2D eigenvalue weighted by Gasteiger charge is -2.47. The number of phosphoric ester groups is 1. The first-order chi connectivity index (χ1) is 48.2. The molecule has 0 unspecified atom stereocenters. The van der Waals surface area contributed by atoms with E-state index in [9.17, 15) is 73.1 Å². The highest BCUT2D eigenvalue weighted by Crippen LogP contribution is 2.42. The molecule has 0 aromatic carbocycles. The predicted molar refractivity (Wildman–Crippen MR) is 378 cm³/mol. The zero-order chi connectivity index (χ0) is 73.6. The topological polar surface area (TPSA) is 388 Å². The lowest BCUT2D eigenvalue weighted by atomic mass is 9.95. The first kappa shape index (κ1) is 91.7. The number of aliphatic carboxylic acids is 2. The first-order valence-electron chi connectivity index (χ1n) is 38.7. The van der Waals surface area contributed by atoms with Gasteiger partial charge in [-0.15, -0.1) is 0 Å². The van der Waals surface area contributed by atoms with Crippen LogP contribution in [0.25, 0.3) is 0 Å². The Morgan fingerprint density at radius 1 is 0.420 bits per heavy atom. The van der Waals surface area contributed by atoms with Gasteiger partial charge in [0.05, 0.1) is 32.2 Å². The molecule has 10 atom stereocenters. The van der Waals surface area contributed by atoms with Crippen LogP contribution in [0.5, 0.6) is 0 Å². The number of carbonyl (C=O) groups excluding carboxylic acids is 6. The van der Waals surface area contributed by atoms with Crippen LogP contribution in [0.2, 0.25) is 0 Å². The maximum absolute atomic E-state index is 14.1. The lowest BCUT2D eigenvalue weighted by Crippen LogP contribution is -2.68. The molecule has 2 fully saturated rings. The number of unbranched alkanes of at least 4 members (excludes halogenated alkanes) is 36. The average molecular weight is 1450 g/mol. The van der Waals surface area contributed by atoms with Gasteiger partial charge in [0.1, 0.15) is 49.6 Å². The van der Waals surface area contributed by atoms with E-state index in [0.29, 0.717) is 38.5 Å². The Hall–Kier alpha value is -4.37. The highest BCUT2D eigenvalue weighted by atomic mass is 31.2. The van der Waals surface area contributed by atoms with Gasteiger partial charge in [-0.3, -0.25) is 42.9 Å². The Kier molecular flexibility index (Phi) is 53.2. The van der Waals surface area contributed by atoms with Crippen molar-refractivity contribution < 1.29 is 106 Å². The molecule has 0 saturated carbocycles. The maximum atomic E-state index is 14.1. The van der Waals surface area contributed by atoms with E-state index in [1.165, 1.54) is 64.2 Å². The van der Waals surface area contributed by atoms with E-state index in [0.717, 1.165) is 154 Å². The van der Waals surface area contributed by atoms with Crippen LogP contribution < -0.4 is 21.3 Å². The molecule has 0 spiro atoms. The summed E-state index contributed by atoms with van der Waals surface area (Å²) in [5.74, 6) is -7.39. The third-order valence-electron chi connectivity index (χ3n) is 18.4. The molecule has 100 heavy (non-hydrogen) atoms. The van der Waals surface area contributed by atoms with E-state index < -0.39 is 162 Å². The minimum atomic E-state index is -5.55. The molecule has 27 heteroatoms. The molecule has 0 aromatic heterocycles. The highest BCUT2D eigenvalue weighted by Gasteiger charge is 2.54. The number of carboxylic acid groups (broad SMARTS) is 2. The van der Waals surface area contributed by atoms with E-state index in [4.69, 9.17) is 32.9 Å². The van der Waals surface area contributed by atoms with Gasteiger partial charge in [-0.05, 0) is 25.7 Å². The third-order valence-corrected chi connectivity index (χ3v) is 18.9. The van der Waals surface area contributed by atoms with Gasteiger partial charge in [0.2, 0.25) is 23.6 Å². The number of ether oxygens (including phenoxy) is 6. The summed E-state index contributed by atoms with van der Waals surface area (Å²) in [7, 11) is -5.55. The molecule has 0 aliphatic carbocycles. The minimum absolute atomic E-state index is 0.0618. The van der Waals surface area contributed by atoms with Crippen LogP contribution in [0.4, 0.5) is 0 Å². The number of phosphoric acid groups is 1. The van der Waals surface area contributed by atoms with Crippen molar-refractivity contribution in [1.29, 1.82) is 0 Å². The summed E-state index contributed by atoms with van der Waals surface area (Å²) >= 11 is 0. The Morgan fingerprint density at radius 2 is 0.730 bits per heavy atom. The van der Waals surface area contributed by atoms with Crippen LogP contribution >= 0.6 is 7.82 Å². The zero-order valence-electron chi connectivity index (χ0n) is 61.4. The van der Waals surface area contributed by atoms with Crippen molar-refractivity contribution in [1.82, 2.24) is 21.3 Å². The number of carbonyl (C=O) groups is 8. The average Bonchev–Trinajstić information content (AvgIpc) is 0.783. The summed E-state index contributed by atoms with van der Waals surface area (Å²) < 4.78 is 54.5. The van der Waals surface area contributed by atoms with E-state index in [1.54, 1.807) is 0 Å². The maximum Gasteiger partial charge on any atom is 0.470 e. The lowest BCUT2D eigenvalue weighted by molar-refractivity contribution is -0.309. The number of carboxylic acids is 2. The summed E-state index contributed by atoms with van der Waals surface area (Å²) in [4.78, 5) is 127. The number of aliphatic hydroxyl groups excluding tert-OH is 2. The summed E-state index contributed by atoms with van der Waals surface area (Å²) in [5, 5.41) is 53.6. The Bertz CT molecular complexity index is 2250. The summed E-state index contributed by atoms with van der Waals surface area (Å²) in [6.07, 6.45) is 21.4. The summed E-state index contributed by atoms with van der Waals surface area (Å²) in [5.41, 5.74) is 0. The molecule has 2 heterocycles. The normalized spacial score (nSPS) is 20.8. The molecule has 0 bridgehead atoms. The van der Waals surface area contributed by atoms with Crippen molar-refractivity contribution in [2.45, 2.75) is 390 Å². The fourth-order valence-corrected chi connectivity index (χ4v) is 13.3. The SMILES string of the molecule is CCCCCCCCCCCCCC(=O)N[C@H]1[C@H](OC[C@H]2O[C@H](OC(CC(=O)O)CC(=O)O)[C@H](NC(=O)CCCCCCCCCCCCC)[C@@H](OC(=O)CNC(=O)CCCCCCCCCCC)[C@@H]2O)O[C@H](CO)[C@@H](OP(=O)(O)O)[C@@H]1OC(=O)CNC(=O)CCCCCCCCCCC. The van der Waals surface area contributed by atoms with Gasteiger partial charge in [0, 0.05) is 25.7 Å². The fourth-order valence-electron chi connectivity index (χ4n) is 12.7. The largest absolute Gasteiger partial charge is 0.481 e. The van der Waals surface area contributed by atoms with Crippen LogP contribution in [-0.2, 0) is 75.9 Å². The van der Waals surface area contributed by atoms with Crippen molar-refractivity contribution in [2.24, 2.45) is 0 Å². The molecular formula is C73H133N4O22P. The van der Waals surface area contributed by atoms with Gasteiger partial charge < -0.3 is 79.9 Å².